The van der Waals surface area contributed by atoms with Crippen molar-refractivity contribution in [1.29, 1.82) is 0 Å². The van der Waals surface area contributed by atoms with Gasteiger partial charge >= 0.3 is 12.1 Å². The molecule has 0 radical (unpaired) electrons. The lowest BCUT2D eigenvalue weighted by Crippen LogP contribution is -2.10. The van der Waals surface area contributed by atoms with Crippen molar-refractivity contribution in [2.24, 2.45) is 5.73 Å². The van der Waals surface area contributed by atoms with Gasteiger partial charge in [0.15, 0.2) is 0 Å². The number of nitrogens with two attached hydrogens (primary N) is 1. The Hall–Kier alpha value is -2.52. The molecular weight excluding hydrogens is 467 g/mol. The fourth-order valence-corrected chi connectivity index (χ4v) is 3.59. The number of furan rings is 1. The van der Waals surface area contributed by atoms with E-state index in [2.05, 4.69) is 15.9 Å². The van der Waals surface area contributed by atoms with Crippen molar-refractivity contribution < 1.29 is 31.9 Å². The molecule has 1 heterocycles. The predicted octanol–water partition coefficient (Wildman–Crippen LogP) is 5.36. The van der Waals surface area contributed by atoms with Gasteiger partial charge < -0.3 is 19.6 Å². The van der Waals surface area contributed by atoms with E-state index in [1.165, 1.54) is 6.07 Å². The smallest absolute Gasteiger partial charge is 0.420 e. The van der Waals surface area contributed by atoms with Gasteiger partial charge in [-0.1, -0.05) is 12.1 Å². The summed E-state index contributed by atoms with van der Waals surface area (Å²) in [6, 6.07) is 8.23. The topological polar surface area (TPSA) is 74.7 Å². The van der Waals surface area contributed by atoms with Crippen LogP contribution in [0, 0.1) is 0 Å². The zero-order valence-electron chi connectivity index (χ0n) is 16.0. The number of hydrogen-bond acceptors (Lipinski definition) is 5. The van der Waals surface area contributed by atoms with E-state index in [1.54, 1.807) is 31.2 Å². The largest absolute Gasteiger partial charge is 0.489 e. The monoisotopic (exact) mass is 485 g/mol. The van der Waals surface area contributed by atoms with Gasteiger partial charge in [0.1, 0.15) is 29.8 Å². The molecule has 9 heteroatoms. The minimum Gasteiger partial charge on any atom is -0.489 e. The van der Waals surface area contributed by atoms with Gasteiger partial charge in [-0.15, -0.1) is 0 Å². The van der Waals surface area contributed by atoms with Crippen LogP contribution >= 0.6 is 15.9 Å². The molecule has 3 rings (SSSR count). The maximum Gasteiger partial charge on any atom is 0.420 e. The second kappa shape index (κ2) is 9.09. The minimum atomic E-state index is -4.54. The summed E-state index contributed by atoms with van der Waals surface area (Å²) in [7, 11) is 0. The van der Waals surface area contributed by atoms with E-state index in [4.69, 9.17) is 19.6 Å². The van der Waals surface area contributed by atoms with E-state index in [9.17, 15) is 18.0 Å². The highest BCUT2D eigenvalue weighted by molar-refractivity contribution is 9.10. The number of hydrogen-bond donors (Lipinski definition) is 1. The first-order valence-electron chi connectivity index (χ1n) is 9.10. The predicted molar refractivity (Wildman–Crippen MR) is 108 cm³/mol. The van der Waals surface area contributed by atoms with Gasteiger partial charge in [0.25, 0.3) is 0 Å². The van der Waals surface area contributed by atoms with Crippen molar-refractivity contribution in [3.8, 4) is 5.75 Å². The Morgan fingerprint density at radius 2 is 1.97 bits per heavy atom. The lowest BCUT2D eigenvalue weighted by atomic mass is 10.1. The Bertz CT molecular complexity index is 1060. The van der Waals surface area contributed by atoms with Crippen LogP contribution in [0.1, 0.15) is 29.2 Å². The summed E-state index contributed by atoms with van der Waals surface area (Å²) in [6.07, 6.45) is -3.83. The molecule has 0 unspecified atom stereocenters. The molecule has 3 aromatic rings. The molecule has 2 aromatic carbocycles. The summed E-state index contributed by atoms with van der Waals surface area (Å²) in [5.74, 6) is 0.0192. The Kier molecular flexibility index (Phi) is 6.72. The minimum absolute atomic E-state index is 0.0106. The highest BCUT2D eigenvalue weighted by Crippen LogP contribution is 2.39. The van der Waals surface area contributed by atoms with Gasteiger partial charge in [-0.05, 0) is 52.2 Å². The summed E-state index contributed by atoms with van der Waals surface area (Å²) >= 11 is 3.25. The van der Waals surface area contributed by atoms with E-state index < -0.39 is 17.7 Å². The summed E-state index contributed by atoms with van der Waals surface area (Å²) in [5, 5.41) is -0.0575. The van der Waals surface area contributed by atoms with Gasteiger partial charge in [-0.3, -0.25) is 4.79 Å². The summed E-state index contributed by atoms with van der Waals surface area (Å²) in [5.41, 5.74) is 6.84. The van der Waals surface area contributed by atoms with Crippen molar-refractivity contribution in [1.82, 2.24) is 0 Å². The van der Waals surface area contributed by atoms with Crippen LogP contribution in [-0.4, -0.2) is 12.6 Å². The number of halogens is 4. The molecular formula is C21H19BrF3NO4. The molecule has 160 valence electrons. The number of carbonyl (C=O) groups excluding carboxylic acids is 1. The molecule has 2 N–H and O–H groups in total. The third kappa shape index (κ3) is 4.96. The van der Waals surface area contributed by atoms with E-state index >= 15 is 0 Å². The molecule has 0 saturated heterocycles. The van der Waals surface area contributed by atoms with Crippen molar-refractivity contribution >= 4 is 32.9 Å². The quantitative estimate of drug-likeness (QED) is 0.456. The second-order valence-corrected chi connectivity index (χ2v) is 7.37. The number of esters is 1. The zero-order chi connectivity index (χ0) is 21.9. The standard InChI is InChI=1S/C21H19BrF3NO4/c1-2-28-19(27)8-14-4-3-12(9-26)7-18(14)29-10-13-5-15-16(21(23,24)25)11-30-20(15)17(22)6-13/h3-7,11H,2,8-10,26H2,1H3. The average Bonchev–Trinajstić information content (AvgIpc) is 3.12. The number of carbonyl (C=O) groups is 1. The highest BCUT2D eigenvalue weighted by atomic mass is 79.9. The van der Waals surface area contributed by atoms with Gasteiger partial charge in [0, 0.05) is 17.5 Å². The van der Waals surface area contributed by atoms with Crippen LogP contribution < -0.4 is 10.5 Å². The first kappa shape index (κ1) is 22.2. The SMILES string of the molecule is CCOC(=O)Cc1ccc(CN)cc1OCc1cc(Br)c2occ(C(F)(F)F)c2c1. The normalized spacial score (nSPS) is 11.7. The lowest BCUT2D eigenvalue weighted by molar-refractivity contribution is -0.142. The third-order valence-corrected chi connectivity index (χ3v) is 4.98. The van der Waals surface area contributed by atoms with Crippen LogP contribution in [0.15, 0.2) is 45.5 Å². The van der Waals surface area contributed by atoms with E-state index in [0.717, 1.165) is 5.56 Å². The molecule has 0 atom stereocenters. The first-order chi connectivity index (χ1) is 14.2. The molecule has 0 aliphatic carbocycles. The van der Waals surface area contributed by atoms with Gasteiger partial charge in [0.05, 0.1) is 17.5 Å². The van der Waals surface area contributed by atoms with Crippen molar-refractivity contribution in [2.45, 2.75) is 32.7 Å². The number of ether oxygens (including phenoxy) is 2. The highest BCUT2D eigenvalue weighted by Gasteiger charge is 2.35. The maximum absolute atomic E-state index is 13.2. The fraction of sp³-hybridized carbons (Fsp3) is 0.286. The Balaban J connectivity index is 1.89. The summed E-state index contributed by atoms with van der Waals surface area (Å²) in [4.78, 5) is 11.9. The van der Waals surface area contributed by atoms with Gasteiger partial charge in [-0.25, -0.2) is 0 Å². The van der Waals surface area contributed by atoms with Crippen molar-refractivity contribution in [3.05, 3.63) is 63.3 Å². The molecule has 0 bridgehead atoms. The number of alkyl halides is 3. The molecule has 5 nitrogen and oxygen atoms in total. The second-order valence-electron chi connectivity index (χ2n) is 6.52. The summed E-state index contributed by atoms with van der Waals surface area (Å²) < 4.78 is 56.0. The molecule has 0 aliphatic rings. The van der Waals surface area contributed by atoms with Crippen LogP contribution in [0.25, 0.3) is 11.0 Å². The van der Waals surface area contributed by atoms with Crippen molar-refractivity contribution in [3.63, 3.8) is 0 Å². The van der Waals surface area contributed by atoms with E-state index in [-0.39, 0.29) is 37.1 Å². The average molecular weight is 486 g/mol. The summed E-state index contributed by atoms with van der Waals surface area (Å²) in [6.45, 7) is 2.24. The van der Waals surface area contributed by atoms with Gasteiger partial charge in [-0.2, -0.15) is 13.2 Å². The Labute approximate surface area is 179 Å². The molecule has 0 spiro atoms. The number of benzene rings is 2. The molecule has 0 aliphatic heterocycles. The Morgan fingerprint density at radius 1 is 1.20 bits per heavy atom. The molecule has 1 aromatic heterocycles. The van der Waals surface area contributed by atoms with Gasteiger partial charge in [0.2, 0.25) is 0 Å². The zero-order valence-corrected chi connectivity index (χ0v) is 17.6. The number of fused-ring (bicyclic) bond motifs is 1. The van der Waals surface area contributed by atoms with Crippen LogP contribution in [0.3, 0.4) is 0 Å². The molecule has 0 fully saturated rings. The first-order valence-corrected chi connectivity index (χ1v) is 9.89. The number of rotatable bonds is 7. The fourth-order valence-electron chi connectivity index (χ4n) is 2.99. The molecule has 0 amide bonds. The Morgan fingerprint density at radius 3 is 2.63 bits per heavy atom. The van der Waals surface area contributed by atoms with Crippen molar-refractivity contribution in [2.75, 3.05) is 6.61 Å². The lowest BCUT2D eigenvalue weighted by Gasteiger charge is -2.13. The van der Waals surface area contributed by atoms with Crippen LogP contribution in [0.4, 0.5) is 13.2 Å². The van der Waals surface area contributed by atoms with Crippen LogP contribution in [0.2, 0.25) is 0 Å². The van der Waals surface area contributed by atoms with E-state index in [1.807, 2.05) is 0 Å². The van der Waals surface area contributed by atoms with E-state index in [0.29, 0.717) is 27.6 Å². The molecule has 0 saturated carbocycles. The maximum atomic E-state index is 13.2. The van der Waals surface area contributed by atoms with Crippen LogP contribution in [-0.2, 0) is 35.3 Å². The third-order valence-electron chi connectivity index (χ3n) is 4.40. The van der Waals surface area contributed by atoms with Crippen LogP contribution in [0.5, 0.6) is 5.75 Å². The molecule has 30 heavy (non-hydrogen) atoms.